The lowest BCUT2D eigenvalue weighted by Crippen LogP contribution is -2.50. The van der Waals surface area contributed by atoms with Gasteiger partial charge in [0, 0.05) is 22.8 Å². The molecule has 0 unspecified atom stereocenters. The van der Waals surface area contributed by atoms with Crippen molar-refractivity contribution in [2.45, 2.75) is 52.9 Å². The first kappa shape index (κ1) is 15.1. The van der Waals surface area contributed by atoms with E-state index in [-0.39, 0.29) is 16.6 Å². The summed E-state index contributed by atoms with van der Waals surface area (Å²) in [4.78, 5) is 24.6. The summed E-state index contributed by atoms with van der Waals surface area (Å²) in [5.41, 5.74) is 3.02. The summed E-state index contributed by atoms with van der Waals surface area (Å²) in [6.45, 7) is 10.8. The Morgan fingerprint density at radius 2 is 1.91 bits per heavy atom. The SMILES string of the molecule is C=C1C[C@@H]2[C@H](CC[C@]3(C)C(=O)CC[C@@H]23)[C@@]2(C)C=CC(=O)C(C)=C12. The van der Waals surface area contributed by atoms with Crippen LogP contribution in [0.2, 0.25) is 0 Å². The fourth-order valence-electron chi connectivity index (χ4n) is 6.41. The van der Waals surface area contributed by atoms with Crippen LogP contribution < -0.4 is 0 Å². The lowest BCUT2D eigenvalue weighted by molar-refractivity contribution is -0.131. The van der Waals surface area contributed by atoms with Crippen molar-refractivity contribution in [2.75, 3.05) is 0 Å². The van der Waals surface area contributed by atoms with Gasteiger partial charge in [0.25, 0.3) is 0 Å². The standard InChI is InChI=1S/C21H26O2/c1-12-11-14-15-5-6-18(23)20(15,3)9-7-16(14)21(4)10-8-17(22)13(2)19(12)21/h8,10,14-16H,1,5-7,9,11H2,2-4H3/t14-,15-,16-,20-,21+/m0/s1. The maximum Gasteiger partial charge on any atom is 0.181 e. The Labute approximate surface area is 138 Å². The number of hydrogen-bond acceptors (Lipinski definition) is 2. The van der Waals surface area contributed by atoms with Gasteiger partial charge in [-0.15, -0.1) is 0 Å². The smallest absolute Gasteiger partial charge is 0.181 e. The molecular weight excluding hydrogens is 284 g/mol. The van der Waals surface area contributed by atoms with Gasteiger partial charge in [0.2, 0.25) is 0 Å². The van der Waals surface area contributed by atoms with E-state index in [0.29, 0.717) is 23.5 Å². The Morgan fingerprint density at radius 1 is 1.17 bits per heavy atom. The van der Waals surface area contributed by atoms with E-state index in [9.17, 15) is 9.59 Å². The molecule has 3 saturated carbocycles. The van der Waals surface area contributed by atoms with Crippen LogP contribution >= 0.6 is 0 Å². The maximum absolute atomic E-state index is 12.5. The van der Waals surface area contributed by atoms with E-state index in [1.54, 1.807) is 6.08 Å². The fourth-order valence-corrected chi connectivity index (χ4v) is 6.41. The summed E-state index contributed by atoms with van der Waals surface area (Å²) >= 11 is 0. The average Bonchev–Trinajstić information content (AvgIpc) is 2.79. The summed E-state index contributed by atoms with van der Waals surface area (Å²) < 4.78 is 0. The second-order valence-electron chi connectivity index (χ2n) is 8.58. The van der Waals surface area contributed by atoms with Crippen LogP contribution in [0.25, 0.3) is 0 Å². The Balaban J connectivity index is 1.81. The van der Waals surface area contributed by atoms with Gasteiger partial charge in [0.15, 0.2) is 5.78 Å². The van der Waals surface area contributed by atoms with E-state index in [4.69, 9.17) is 0 Å². The van der Waals surface area contributed by atoms with Crippen molar-refractivity contribution in [3.63, 3.8) is 0 Å². The van der Waals surface area contributed by atoms with Crippen LogP contribution in [0.3, 0.4) is 0 Å². The molecule has 122 valence electrons. The molecule has 0 aromatic rings. The van der Waals surface area contributed by atoms with E-state index in [2.05, 4.69) is 26.5 Å². The minimum absolute atomic E-state index is 0.0784. The van der Waals surface area contributed by atoms with E-state index < -0.39 is 0 Å². The van der Waals surface area contributed by atoms with Gasteiger partial charge in [-0.25, -0.2) is 0 Å². The molecule has 0 radical (unpaired) electrons. The molecule has 0 bridgehead atoms. The molecule has 23 heavy (non-hydrogen) atoms. The lowest BCUT2D eigenvalue weighted by Gasteiger charge is -2.56. The Morgan fingerprint density at radius 3 is 2.65 bits per heavy atom. The highest BCUT2D eigenvalue weighted by molar-refractivity contribution is 6.06. The van der Waals surface area contributed by atoms with E-state index in [1.165, 1.54) is 5.57 Å². The minimum atomic E-state index is -0.109. The minimum Gasteiger partial charge on any atom is -0.299 e. The number of hydrogen-bond donors (Lipinski definition) is 0. The first-order valence-corrected chi connectivity index (χ1v) is 8.95. The van der Waals surface area contributed by atoms with Crippen LogP contribution in [0.4, 0.5) is 0 Å². The molecule has 0 aliphatic heterocycles. The molecule has 0 aromatic carbocycles. The predicted octanol–water partition coefficient (Wildman–Crippen LogP) is 4.42. The predicted molar refractivity (Wildman–Crippen MR) is 90.8 cm³/mol. The number of carbonyl (C=O) groups excluding carboxylic acids is 2. The zero-order valence-electron chi connectivity index (χ0n) is 14.4. The van der Waals surface area contributed by atoms with Crippen molar-refractivity contribution in [3.05, 3.63) is 35.5 Å². The Bertz CT molecular complexity index is 695. The van der Waals surface area contributed by atoms with Gasteiger partial charge in [-0.2, -0.15) is 0 Å². The number of fused-ring (bicyclic) bond motifs is 5. The summed E-state index contributed by atoms with van der Waals surface area (Å²) in [5, 5.41) is 0. The van der Waals surface area contributed by atoms with Crippen molar-refractivity contribution in [1.29, 1.82) is 0 Å². The Kier molecular flexibility index (Phi) is 2.99. The van der Waals surface area contributed by atoms with Crippen molar-refractivity contribution in [1.82, 2.24) is 0 Å². The van der Waals surface area contributed by atoms with Crippen molar-refractivity contribution in [2.24, 2.45) is 28.6 Å². The van der Waals surface area contributed by atoms with E-state index in [1.807, 2.05) is 6.92 Å². The second kappa shape index (κ2) is 4.55. The summed E-state index contributed by atoms with van der Waals surface area (Å²) in [6.07, 6.45) is 8.75. The lowest BCUT2D eigenvalue weighted by atomic mass is 9.47. The quantitative estimate of drug-likeness (QED) is 0.663. The molecule has 4 rings (SSSR count). The molecule has 4 aliphatic rings. The highest BCUT2D eigenvalue weighted by Crippen LogP contribution is 2.64. The fraction of sp³-hybridized carbons (Fsp3) is 0.619. The summed E-state index contributed by atoms with van der Waals surface area (Å²) in [7, 11) is 0. The van der Waals surface area contributed by atoms with E-state index >= 15 is 0 Å². The Hall–Kier alpha value is -1.44. The number of ketones is 2. The molecule has 2 heteroatoms. The van der Waals surface area contributed by atoms with Crippen LogP contribution in [0, 0.1) is 28.6 Å². The number of carbonyl (C=O) groups is 2. The van der Waals surface area contributed by atoms with Crippen LogP contribution in [0.5, 0.6) is 0 Å². The zero-order chi connectivity index (χ0) is 16.6. The van der Waals surface area contributed by atoms with Crippen molar-refractivity contribution in [3.8, 4) is 0 Å². The largest absolute Gasteiger partial charge is 0.299 e. The molecule has 0 N–H and O–H groups in total. The number of rotatable bonds is 0. The van der Waals surface area contributed by atoms with E-state index in [0.717, 1.165) is 43.3 Å². The van der Waals surface area contributed by atoms with Gasteiger partial charge in [-0.05, 0) is 62.0 Å². The van der Waals surface area contributed by atoms with Gasteiger partial charge in [0.05, 0.1) is 0 Å². The third-order valence-electron chi connectivity index (χ3n) is 7.62. The molecule has 0 spiro atoms. The van der Waals surface area contributed by atoms with Crippen LogP contribution in [-0.4, -0.2) is 11.6 Å². The molecule has 3 fully saturated rings. The summed E-state index contributed by atoms with van der Waals surface area (Å²) in [5.74, 6) is 2.17. The van der Waals surface area contributed by atoms with Crippen LogP contribution in [0.15, 0.2) is 35.5 Å². The van der Waals surface area contributed by atoms with Gasteiger partial charge in [-0.1, -0.05) is 32.1 Å². The highest BCUT2D eigenvalue weighted by atomic mass is 16.1. The second-order valence-corrected chi connectivity index (χ2v) is 8.58. The molecule has 0 amide bonds. The maximum atomic E-state index is 12.5. The molecular formula is C21H26O2. The van der Waals surface area contributed by atoms with Gasteiger partial charge in [-0.3, -0.25) is 9.59 Å². The third kappa shape index (κ3) is 1.75. The van der Waals surface area contributed by atoms with Gasteiger partial charge >= 0.3 is 0 Å². The average molecular weight is 310 g/mol. The molecule has 0 saturated heterocycles. The zero-order valence-corrected chi connectivity index (χ0v) is 14.4. The number of Topliss-reactive ketones (excluding diaryl/α,β-unsaturated/α-hetero) is 1. The first-order valence-electron chi connectivity index (χ1n) is 8.95. The summed E-state index contributed by atoms with van der Waals surface area (Å²) in [6, 6.07) is 0. The molecule has 4 aliphatic carbocycles. The first-order chi connectivity index (χ1) is 10.8. The topological polar surface area (TPSA) is 34.1 Å². The van der Waals surface area contributed by atoms with Crippen LogP contribution in [-0.2, 0) is 9.59 Å². The van der Waals surface area contributed by atoms with Crippen LogP contribution in [0.1, 0.15) is 52.9 Å². The molecule has 0 aromatic heterocycles. The highest BCUT2D eigenvalue weighted by Gasteiger charge is 2.59. The molecule has 5 atom stereocenters. The van der Waals surface area contributed by atoms with Crippen molar-refractivity contribution < 1.29 is 9.59 Å². The molecule has 2 nitrogen and oxygen atoms in total. The van der Waals surface area contributed by atoms with Gasteiger partial charge < -0.3 is 0 Å². The monoisotopic (exact) mass is 310 g/mol. The normalized spacial score (nSPS) is 45.9. The van der Waals surface area contributed by atoms with Gasteiger partial charge in [0.1, 0.15) is 5.78 Å². The number of allylic oxidation sites excluding steroid dienone is 5. The third-order valence-corrected chi connectivity index (χ3v) is 7.62. The van der Waals surface area contributed by atoms with Crippen molar-refractivity contribution >= 4 is 11.6 Å². The molecule has 0 heterocycles.